The normalized spacial score (nSPS) is 15.9. The molecule has 0 saturated carbocycles. The predicted octanol–water partition coefficient (Wildman–Crippen LogP) is 4.87. The molecular weight excluding hydrogens is 403 g/mol. The maximum atomic E-state index is 13.1. The fraction of sp³-hybridized carbons (Fsp3) is 0.130. The van der Waals surface area contributed by atoms with Gasteiger partial charge in [-0.25, -0.2) is 4.39 Å². The van der Waals surface area contributed by atoms with E-state index in [0.717, 1.165) is 11.3 Å². The van der Waals surface area contributed by atoms with E-state index < -0.39 is 5.82 Å². The number of carbonyl (C=O) groups is 2. The maximum absolute atomic E-state index is 13.1. The number of halogens is 1. The van der Waals surface area contributed by atoms with Crippen LogP contribution in [-0.2, 0) is 4.79 Å². The zero-order valence-corrected chi connectivity index (χ0v) is 17.0. The second-order valence-corrected chi connectivity index (χ2v) is 7.78. The third kappa shape index (κ3) is 4.16. The van der Waals surface area contributed by atoms with E-state index in [-0.39, 0.29) is 17.2 Å². The highest BCUT2D eigenvalue weighted by Crippen LogP contribution is 2.42. The summed E-state index contributed by atoms with van der Waals surface area (Å²) in [4.78, 5) is 26.8. The Morgan fingerprint density at radius 1 is 1.10 bits per heavy atom. The molecule has 1 unspecified atom stereocenters. The van der Waals surface area contributed by atoms with Gasteiger partial charge >= 0.3 is 0 Å². The van der Waals surface area contributed by atoms with Gasteiger partial charge in [0.15, 0.2) is 0 Å². The Kier molecular flexibility index (Phi) is 5.72. The smallest absolute Gasteiger partial charge is 0.255 e. The second kappa shape index (κ2) is 8.59. The predicted molar refractivity (Wildman–Crippen MR) is 116 cm³/mol. The molecule has 2 amide bonds. The molecule has 30 heavy (non-hydrogen) atoms. The lowest BCUT2D eigenvalue weighted by molar-refractivity contribution is -0.115. The van der Waals surface area contributed by atoms with Crippen LogP contribution in [0.5, 0.6) is 5.75 Å². The lowest BCUT2D eigenvalue weighted by atomic mass is 10.1. The first-order valence-electron chi connectivity index (χ1n) is 9.30. The van der Waals surface area contributed by atoms with Crippen molar-refractivity contribution in [3.8, 4) is 5.75 Å². The number of methoxy groups -OCH3 is 1. The van der Waals surface area contributed by atoms with Crippen molar-refractivity contribution in [1.29, 1.82) is 0 Å². The zero-order valence-electron chi connectivity index (χ0n) is 16.2. The number of carbonyl (C=O) groups excluding carboxylic acids is 2. The van der Waals surface area contributed by atoms with Crippen molar-refractivity contribution < 1.29 is 18.7 Å². The van der Waals surface area contributed by atoms with E-state index in [9.17, 15) is 14.0 Å². The fourth-order valence-electron chi connectivity index (χ4n) is 3.28. The average molecular weight is 422 g/mol. The van der Waals surface area contributed by atoms with Crippen LogP contribution in [0.3, 0.4) is 0 Å². The first kappa shape index (κ1) is 20.0. The Balaban J connectivity index is 1.58. The molecule has 1 fully saturated rings. The van der Waals surface area contributed by atoms with Crippen LogP contribution < -0.4 is 15.0 Å². The minimum absolute atomic E-state index is 0.0130. The lowest BCUT2D eigenvalue weighted by Crippen LogP contribution is -2.27. The van der Waals surface area contributed by atoms with Crippen LogP contribution in [0.25, 0.3) is 0 Å². The number of hydrogen-bond acceptors (Lipinski definition) is 4. The van der Waals surface area contributed by atoms with Crippen LogP contribution in [0, 0.1) is 5.82 Å². The molecule has 4 rings (SSSR count). The minimum Gasteiger partial charge on any atom is -0.497 e. The van der Waals surface area contributed by atoms with E-state index in [1.54, 1.807) is 18.1 Å². The number of amides is 2. The second-order valence-electron chi connectivity index (χ2n) is 6.72. The van der Waals surface area contributed by atoms with Crippen molar-refractivity contribution in [3.05, 3.63) is 89.7 Å². The summed E-state index contributed by atoms with van der Waals surface area (Å²) < 4.78 is 18.4. The third-order valence-corrected chi connectivity index (χ3v) is 5.95. The summed E-state index contributed by atoms with van der Waals surface area (Å²) in [6, 6.07) is 20.1. The van der Waals surface area contributed by atoms with Crippen LogP contribution in [0.15, 0.2) is 72.8 Å². The highest BCUT2D eigenvalue weighted by atomic mass is 32.2. The van der Waals surface area contributed by atoms with Gasteiger partial charge in [-0.05, 0) is 54.1 Å². The van der Waals surface area contributed by atoms with Gasteiger partial charge in [-0.3, -0.25) is 14.5 Å². The Hall–Kier alpha value is -3.32. The monoisotopic (exact) mass is 422 g/mol. The molecule has 152 valence electrons. The highest BCUT2D eigenvalue weighted by molar-refractivity contribution is 8.00. The van der Waals surface area contributed by atoms with Crippen LogP contribution in [0.2, 0.25) is 0 Å². The number of thioether (sulfide) groups is 1. The van der Waals surface area contributed by atoms with E-state index >= 15 is 0 Å². The standard InChI is InChI=1S/C23H19FN2O3S/c1-29-20-7-3-6-19(13-20)26-21(27)14-30-23(26)16-4-2-5-18(12-16)25-22(28)15-8-10-17(24)11-9-15/h2-13,23H,14H2,1H3,(H,25,28). The molecule has 1 heterocycles. The molecular formula is C23H19FN2O3S. The van der Waals surface area contributed by atoms with Crippen molar-refractivity contribution in [2.75, 3.05) is 23.1 Å². The minimum atomic E-state index is -0.394. The summed E-state index contributed by atoms with van der Waals surface area (Å²) >= 11 is 1.53. The quantitative estimate of drug-likeness (QED) is 0.638. The highest BCUT2D eigenvalue weighted by Gasteiger charge is 2.34. The van der Waals surface area contributed by atoms with Crippen LogP contribution in [0.1, 0.15) is 21.3 Å². The lowest BCUT2D eigenvalue weighted by Gasteiger charge is -2.25. The van der Waals surface area contributed by atoms with Crippen molar-refractivity contribution in [1.82, 2.24) is 0 Å². The Morgan fingerprint density at radius 2 is 1.87 bits per heavy atom. The molecule has 3 aromatic rings. The van der Waals surface area contributed by atoms with Crippen molar-refractivity contribution in [2.24, 2.45) is 0 Å². The Morgan fingerprint density at radius 3 is 2.63 bits per heavy atom. The van der Waals surface area contributed by atoms with Crippen molar-refractivity contribution >= 4 is 35.0 Å². The fourth-order valence-corrected chi connectivity index (χ4v) is 4.45. The molecule has 0 aromatic heterocycles. The molecule has 7 heteroatoms. The molecule has 5 nitrogen and oxygen atoms in total. The average Bonchev–Trinajstić information content (AvgIpc) is 3.16. The maximum Gasteiger partial charge on any atom is 0.255 e. The molecule has 0 aliphatic carbocycles. The molecule has 1 aliphatic heterocycles. The molecule has 0 radical (unpaired) electrons. The van der Waals surface area contributed by atoms with Gasteiger partial charge in [0.05, 0.1) is 12.9 Å². The van der Waals surface area contributed by atoms with Gasteiger partial charge in [-0.15, -0.1) is 11.8 Å². The molecule has 1 atom stereocenters. The molecule has 1 aliphatic rings. The number of anilines is 2. The van der Waals surface area contributed by atoms with Gasteiger partial charge in [-0.2, -0.15) is 0 Å². The summed E-state index contributed by atoms with van der Waals surface area (Å²) in [5.74, 6) is 0.338. The third-order valence-electron chi connectivity index (χ3n) is 4.74. The number of hydrogen-bond donors (Lipinski definition) is 1. The first-order valence-corrected chi connectivity index (χ1v) is 10.3. The van der Waals surface area contributed by atoms with E-state index in [2.05, 4.69) is 5.32 Å². The van der Waals surface area contributed by atoms with Crippen LogP contribution in [0.4, 0.5) is 15.8 Å². The van der Waals surface area contributed by atoms with Gasteiger partial charge in [0.1, 0.15) is 16.9 Å². The van der Waals surface area contributed by atoms with Gasteiger partial charge in [0.2, 0.25) is 5.91 Å². The first-order chi connectivity index (χ1) is 14.5. The zero-order chi connectivity index (χ0) is 21.1. The number of nitrogens with zero attached hydrogens (tertiary/aromatic N) is 1. The van der Waals surface area contributed by atoms with E-state index in [0.29, 0.717) is 22.8 Å². The van der Waals surface area contributed by atoms with E-state index in [4.69, 9.17) is 4.74 Å². The van der Waals surface area contributed by atoms with Crippen LogP contribution in [-0.4, -0.2) is 24.7 Å². The number of benzene rings is 3. The van der Waals surface area contributed by atoms with Crippen molar-refractivity contribution in [3.63, 3.8) is 0 Å². The summed E-state index contributed by atoms with van der Waals surface area (Å²) in [6.07, 6.45) is 0. The van der Waals surface area contributed by atoms with Gasteiger partial charge < -0.3 is 10.1 Å². The molecule has 3 aromatic carbocycles. The summed E-state index contributed by atoms with van der Waals surface area (Å²) in [7, 11) is 1.59. The van der Waals surface area contributed by atoms with Crippen molar-refractivity contribution in [2.45, 2.75) is 5.37 Å². The molecule has 0 spiro atoms. The van der Waals surface area contributed by atoms with E-state index in [1.165, 1.54) is 36.0 Å². The largest absolute Gasteiger partial charge is 0.497 e. The molecule has 1 saturated heterocycles. The Labute approximate surface area is 177 Å². The number of ether oxygens (including phenoxy) is 1. The SMILES string of the molecule is COc1cccc(N2C(=O)CSC2c2cccc(NC(=O)c3ccc(F)cc3)c2)c1. The Bertz CT molecular complexity index is 1090. The summed E-state index contributed by atoms with van der Waals surface area (Å²) in [6.45, 7) is 0. The molecule has 1 N–H and O–H groups in total. The van der Waals surface area contributed by atoms with Gasteiger partial charge in [0, 0.05) is 23.0 Å². The summed E-state index contributed by atoms with van der Waals surface area (Å²) in [5, 5.41) is 2.62. The van der Waals surface area contributed by atoms with Gasteiger partial charge in [0.25, 0.3) is 5.91 Å². The topological polar surface area (TPSA) is 58.6 Å². The van der Waals surface area contributed by atoms with Gasteiger partial charge in [-0.1, -0.05) is 18.2 Å². The van der Waals surface area contributed by atoms with Crippen LogP contribution >= 0.6 is 11.8 Å². The number of nitrogens with one attached hydrogen (secondary N) is 1. The molecule has 0 bridgehead atoms. The van der Waals surface area contributed by atoms with E-state index in [1.807, 2.05) is 42.5 Å². The number of rotatable bonds is 5. The summed E-state index contributed by atoms with van der Waals surface area (Å²) in [5.41, 5.74) is 2.62.